The van der Waals surface area contributed by atoms with Gasteiger partial charge in [-0.15, -0.1) is 0 Å². The van der Waals surface area contributed by atoms with E-state index in [-0.39, 0.29) is 21.4 Å². The van der Waals surface area contributed by atoms with Crippen LogP contribution in [-0.4, -0.2) is 76.6 Å². The molecule has 0 saturated carbocycles. The Balaban J connectivity index is 1.69. The maximum absolute atomic E-state index is 12.7. The van der Waals surface area contributed by atoms with E-state index in [1.807, 2.05) is 0 Å². The SMILES string of the molecule is O=C(c1cc(S(=O)(=O)NCCN2CCCC2)ccc1Cl)N1CCOCC1. The summed E-state index contributed by atoms with van der Waals surface area (Å²) in [6, 6.07) is 4.25. The predicted molar refractivity (Wildman–Crippen MR) is 99.0 cm³/mol. The normalized spacial score (nSPS) is 19.0. The van der Waals surface area contributed by atoms with E-state index in [9.17, 15) is 13.2 Å². The molecule has 2 fully saturated rings. The molecule has 2 aliphatic rings. The lowest BCUT2D eigenvalue weighted by Crippen LogP contribution is -2.41. The summed E-state index contributed by atoms with van der Waals surface area (Å²) < 4.78 is 33.0. The molecule has 144 valence electrons. The second-order valence-corrected chi connectivity index (χ2v) is 8.67. The zero-order valence-corrected chi connectivity index (χ0v) is 16.2. The van der Waals surface area contributed by atoms with Gasteiger partial charge < -0.3 is 14.5 Å². The molecule has 1 aromatic carbocycles. The highest BCUT2D eigenvalue weighted by molar-refractivity contribution is 7.89. The van der Waals surface area contributed by atoms with Gasteiger partial charge in [0.05, 0.1) is 28.7 Å². The molecule has 9 heteroatoms. The standard InChI is InChI=1S/C17H24ClN3O4S/c18-16-4-3-14(13-15(16)17(22)21-9-11-25-12-10-21)26(23,24)19-5-8-20-6-1-2-7-20/h3-4,13,19H,1-2,5-12H2. The van der Waals surface area contributed by atoms with Gasteiger partial charge in [0, 0.05) is 26.2 Å². The molecule has 26 heavy (non-hydrogen) atoms. The largest absolute Gasteiger partial charge is 0.378 e. The molecule has 0 atom stereocenters. The Hall–Kier alpha value is -1.19. The number of ether oxygens (including phenoxy) is 1. The van der Waals surface area contributed by atoms with E-state index in [1.54, 1.807) is 4.90 Å². The number of morpholine rings is 1. The number of rotatable bonds is 6. The van der Waals surface area contributed by atoms with Crippen LogP contribution in [0.15, 0.2) is 23.1 Å². The summed E-state index contributed by atoms with van der Waals surface area (Å²) in [6.07, 6.45) is 2.33. The summed E-state index contributed by atoms with van der Waals surface area (Å²) in [7, 11) is -3.69. The Bertz CT molecular complexity index is 744. The van der Waals surface area contributed by atoms with Crippen LogP contribution in [-0.2, 0) is 14.8 Å². The van der Waals surface area contributed by atoms with Crippen molar-refractivity contribution in [1.29, 1.82) is 0 Å². The van der Waals surface area contributed by atoms with Gasteiger partial charge in [-0.25, -0.2) is 13.1 Å². The van der Waals surface area contributed by atoms with Crippen molar-refractivity contribution in [2.45, 2.75) is 17.7 Å². The Morgan fingerprint density at radius 2 is 1.85 bits per heavy atom. The van der Waals surface area contributed by atoms with Crippen molar-refractivity contribution in [3.05, 3.63) is 28.8 Å². The number of carbonyl (C=O) groups excluding carboxylic acids is 1. The van der Waals surface area contributed by atoms with E-state index >= 15 is 0 Å². The van der Waals surface area contributed by atoms with Crippen LogP contribution in [0.4, 0.5) is 0 Å². The number of nitrogens with zero attached hydrogens (tertiary/aromatic N) is 2. The number of hydrogen-bond acceptors (Lipinski definition) is 5. The summed E-state index contributed by atoms with van der Waals surface area (Å²) in [4.78, 5) is 16.6. The number of amides is 1. The molecule has 0 spiro atoms. The lowest BCUT2D eigenvalue weighted by molar-refractivity contribution is 0.0303. The Morgan fingerprint density at radius 1 is 1.15 bits per heavy atom. The Kier molecular flexibility index (Phi) is 6.52. The summed E-state index contributed by atoms with van der Waals surface area (Å²) in [5.74, 6) is -0.271. The van der Waals surface area contributed by atoms with Gasteiger partial charge in [0.25, 0.3) is 5.91 Å². The number of sulfonamides is 1. The monoisotopic (exact) mass is 401 g/mol. The van der Waals surface area contributed by atoms with E-state index in [2.05, 4.69) is 9.62 Å². The third-order valence-electron chi connectivity index (χ3n) is 4.70. The number of halogens is 1. The average molecular weight is 402 g/mol. The zero-order valence-electron chi connectivity index (χ0n) is 14.6. The minimum Gasteiger partial charge on any atom is -0.378 e. The van der Waals surface area contributed by atoms with Gasteiger partial charge >= 0.3 is 0 Å². The third kappa shape index (κ3) is 4.75. The fourth-order valence-corrected chi connectivity index (χ4v) is 4.45. The first kappa shape index (κ1) is 19.6. The maximum atomic E-state index is 12.7. The van der Waals surface area contributed by atoms with Gasteiger partial charge in [0.1, 0.15) is 0 Å². The van der Waals surface area contributed by atoms with Crippen molar-refractivity contribution in [3.63, 3.8) is 0 Å². The van der Waals surface area contributed by atoms with Crippen molar-refractivity contribution >= 4 is 27.5 Å². The number of nitrogens with one attached hydrogen (secondary N) is 1. The summed E-state index contributed by atoms with van der Waals surface area (Å²) >= 11 is 6.15. The van der Waals surface area contributed by atoms with E-state index in [0.29, 0.717) is 39.4 Å². The molecule has 0 unspecified atom stereocenters. The van der Waals surface area contributed by atoms with E-state index < -0.39 is 10.0 Å². The van der Waals surface area contributed by atoms with Gasteiger partial charge in [-0.2, -0.15) is 0 Å². The van der Waals surface area contributed by atoms with E-state index in [4.69, 9.17) is 16.3 Å². The van der Waals surface area contributed by atoms with E-state index in [0.717, 1.165) is 25.9 Å². The van der Waals surface area contributed by atoms with Crippen LogP contribution in [0.25, 0.3) is 0 Å². The summed E-state index contributed by atoms with van der Waals surface area (Å²) in [6.45, 7) is 4.95. The van der Waals surface area contributed by atoms with Gasteiger partial charge in [-0.05, 0) is 44.1 Å². The number of carbonyl (C=O) groups is 1. The van der Waals surface area contributed by atoms with Gasteiger partial charge in [0.15, 0.2) is 0 Å². The van der Waals surface area contributed by atoms with Crippen LogP contribution in [0, 0.1) is 0 Å². The molecule has 2 aliphatic heterocycles. The Morgan fingerprint density at radius 3 is 2.54 bits per heavy atom. The molecule has 7 nitrogen and oxygen atoms in total. The van der Waals surface area contributed by atoms with Crippen molar-refractivity contribution < 1.29 is 17.9 Å². The maximum Gasteiger partial charge on any atom is 0.255 e. The molecule has 1 N–H and O–H groups in total. The second-order valence-electron chi connectivity index (χ2n) is 6.49. The molecule has 2 saturated heterocycles. The van der Waals surface area contributed by atoms with Crippen molar-refractivity contribution in [2.24, 2.45) is 0 Å². The average Bonchev–Trinajstić information content (AvgIpc) is 3.15. The van der Waals surface area contributed by atoms with Gasteiger partial charge in [-0.1, -0.05) is 11.6 Å². The number of benzene rings is 1. The quantitative estimate of drug-likeness (QED) is 0.774. The molecule has 2 heterocycles. The first-order chi connectivity index (χ1) is 12.5. The molecule has 1 aromatic rings. The molecule has 0 aromatic heterocycles. The van der Waals surface area contributed by atoms with Crippen molar-refractivity contribution in [1.82, 2.24) is 14.5 Å². The molecule has 0 radical (unpaired) electrons. The highest BCUT2D eigenvalue weighted by atomic mass is 35.5. The van der Waals surface area contributed by atoms with Crippen LogP contribution in [0.5, 0.6) is 0 Å². The van der Waals surface area contributed by atoms with Crippen LogP contribution >= 0.6 is 11.6 Å². The van der Waals surface area contributed by atoms with E-state index in [1.165, 1.54) is 18.2 Å². The highest BCUT2D eigenvalue weighted by Gasteiger charge is 2.23. The van der Waals surface area contributed by atoms with Gasteiger partial charge in [-0.3, -0.25) is 4.79 Å². The molecular weight excluding hydrogens is 378 g/mol. The fourth-order valence-electron chi connectivity index (χ4n) is 3.20. The fraction of sp³-hybridized carbons (Fsp3) is 0.588. The summed E-state index contributed by atoms with van der Waals surface area (Å²) in [5, 5.41) is 0.248. The topological polar surface area (TPSA) is 79.0 Å². The van der Waals surface area contributed by atoms with Gasteiger partial charge in [0.2, 0.25) is 10.0 Å². The second kappa shape index (κ2) is 8.67. The lowest BCUT2D eigenvalue weighted by Gasteiger charge is -2.27. The smallest absolute Gasteiger partial charge is 0.255 e. The third-order valence-corrected chi connectivity index (χ3v) is 6.48. The van der Waals surface area contributed by atoms with Crippen molar-refractivity contribution in [3.8, 4) is 0 Å². The number of hydrogen-bond donors (Lipinski definition) is 1. The first-order valence-electron chi connectivity index (χ1n) is 8.86. The molecular formula is C17H24ClN3O4S. The summed E-state index contributed by atoms with van der Waals surface area (Å²) in [5.41, 5.74) is 0.205. The molecule has 3 rings (SSSR count). The minimum absolute atomic E-state index is 0.0555. The lowest BCUT2D eigenvalue weighted by atomic mass is 10.2. The number of likely N-dealkylation sites (tertiary alicyclic amines) is 1. The van der Waals surface area contributed by atoms with Crippen LogP contribution in [0.1, 0.15) is 23.2 Å². The highest BCUT2D eigenvalue weighted by Crippen LogP contribution is 2.22. The van der Waals surface area contributed by atoms with Crippen molar-refractivity contribution in [2.75, 3.05) is 52.5 Å². The minimum atomic E-state index is -3.69. The molecule has 1 amide bonds. The molecule has 0 aliphatic carbocycles. The predicted octanol–water partition coefficient (Wildman–Crippen LogP) is 1.19. The van der Waals surface area contributed by atoms with Crippen LogP contribution in [0.2, 0.25) is 5.02 Å². The van der Waals surface area contributed by atoms with Crippen LogP contribution in [0.3, 0.4) is 0 Å². The first-order valence-corrected chi connectivity index (χ1v) is 10.7. The zero-order chi connectivity index (χ0) is 18.6. The van der Waals surface area contributed by atoms with Crippen LogP contribution < -0.4 is 4.72 Å². The Labute approximate surface area is 159 Å². The molecule has 0 bridgehead atoms.